The summed E-state index contributed by atoms with van der Waals surface area (Å²) < 4.78 is 0. The van der Waals surface area contributed by atoms with Crippen LogP contribution in [0, 0.1) is 17.8 Å². The summed E-state index contributed by atoms with van der Waals surface area (Å²) in [6.45, 7) is 13.8. The van der Waals surface area contributed by atoms with Gasteiger partial charge in [0.25, 0.3) is 0 Å². The second kappa shape index (κ2) is 8.93. The molecule has 0 heterocycles. The van der Waals surface area contributed by atoms with Gasteiger partial charge in [-0.05, 0) is 37.0 Å². The lowest BCUT2D eigenvalue weighted by atomic mass is 9.94. The maximum atomic E-state index is 9.43. The highest BCUT2D eigenvalue weighted by Crippen LogP contribution is 2.15. The average molecular weight is 243 g/mol. The number of nitrogens with one attached hydrogen (secondary N) is 1. The zero-order chi connectivity index (χ0) is 13.4. The molecule has 2 N–H and O–H groups in total. The predicted molar refractivity (Wildman–Crippen MR) is 76.2 cm³/mol. The Balaban J connectivity index is 4.26. The van der Waals surface area contributed by atoms with E-state index < -0.39 is 0 Å². The molecule has 0 spiro atoms. The van der Waals surface area contributed by atoms with Crippen LogP contribution >= 0.6 is 0 Å². The Labute approximate surface area is 108 Å². The zero-order valence-electron chi connectivity index (χ0n) is 12.7. The topological polar surface area (TPSA) is 32.3 Å². The van der Waals surface area contributed by atoms with Crippen molar-refractivity contribution in [3.05, 3.63) is 0 Å². The Hall–Kier alpha value is -0.0800. The lowest BCUT2D eigenvalue weighted by molar-refractivity contribution is 0.200. The van der Waals surface area contributed by atoms with E-state index >= 15 is 0 Å². The van der Waals surface area contributed by atoms with Crippen molar-refractivity contribution in [1.29, 1.82) is 0 Å². The number of hydrogen-bond acceptors (Lipinski definition) is 2. The number of aliphatic hydroxyl groups excluding tert-OH is 1. The molecule has 0 aliphatic rings. The van der Waals surface area contributed by atoms with E-state index in [4.69, 9.17) is 0 Å². The van der Waals surface area contributed by atoms with Crippen LogP contribution in [0.15, 0.2) is 0 Å². The van der Waals surface area contributed by atoms with E-state index in [2.05, 4.69) is 46.9 Å². The van der Waals surface area contributed by atoms with Crippen molar-refractivity contribution in [3.8, 4) is 0 Å². The molecule has 0 saturated carbocycles. The van der Waals surface area contributed by atoms with Crippen molar-refractivity contribution in [2.24, 2.45) is 17.8 Å². The van der Waals surface area contributed by atoms with Crippen LogP contribution in [0.3, 0.4) is 0 Å². The van der Waals surface area contributed by atoms with Crippen LogP contribution < -0.4 is 5.32 Å². The van der Waals surface area contributed by atoms with E-state index in [1.54, 1.807) is 0 Å². The molecule has 0 bridgehead atoms. The SMILES string of the molecule is CC(C)CC(CO)NC(CC(C)C)CC(C)C. The smallest absolute Gasteiger partial charge is 0.0584 e. The Morgan fingerprint density at radius 2 is 1.06 bits per heavy atom. The predicted octanol–water partition coefficient (Wildman–Crippen LogP) is 3.44. The molecule has 2 nitrogen and oxygen atoms in total. The third-order valence-electron chi connectivity index (χ3n) is 2.96. The van der Waals surface area contributed by atoms with E-state index in [0.29, 0.717) is 23.8 Å². The highest BCUT2D eigenvalue weighted by Gasteiger charge is 2.17. The Bertz CT molecular complexity index is 168. The van der Waals surface area contributed by atoms with Crippen LogP contribution in [-0.4, -0.2) is 23.8 Å². The van der Waals surface area contributed by atoms with Gasteiger partial charge in [0.15, 0.2) is 0 Å². The van der Waals surface area contributed by atoms with Crippen molar-refractivity contribution in [2.75, 3.05) is 6.61 Å². The summed E-state index contributed by atoms with van der Waals surface area (Å²) in [5.41, 5.74) is 0. The van der Waals surface area contributed by atoms with Gasteiger partial charge in [-0.1, -0.05) is 41.5 Å². The van der Waals surface area contributed by atoms with Crippen LogP contribution in [0.25, 0.3) is 0 Å². The van der Waals surface area contributed by atoms with Gasteiger partial charge < -0.3 is 10.4 Å². The highest BCUT2D eigenvalue weighted by atomic mass is 16.3. The minimum atomic E-state index is 0.255. The molecule has 1 atom stereocenters. The number of aliphatic hydroxyl groups is 1. The highest BCUT2D eigenvalue weighted by molar-refractivity contribution is 4.77. The molecule has 0 aliphatic heterocycles. The standard InChI is InChI=1S/C15H33NO/c1-11(2)7-14(8-12(3)4)16-15(10-17)9-13(5)6/h11-17H,7-10H2,1-6H3. The maximum absolute atomic E-state index is 9.43. The summed E-state index contributed by atoms with van der Waals surface area (Å²) in [6.07, 6.45) is 3.46. The molecule has 0 radical (unpaired) electrons. The zero-order valence-corrected chi connectivity index (χ0v) is 12.7. The maximum Gasteiger partial charge on any atom is 0.0584 e. The van der Waals surface area contributed by atoms with E-state index in [1.807, 2.05) is 0 Å². The summed E-state index contributed by atoms with van der Waals surface area (Å²) in [7, 11) is 0. The molecule has 0 rings (SSSR count). The van der Waals surface area contributed by atoms with Crippen LogP contribution in [0.4, 0.5) is 0 Å². The van der Waals surface area contributed by atoms with E-state index in [0.717, 1.165) is 6.42 Å². The summed E-state index contributed by atoms with van der Waals surface area (Å²) >= 11 is 0. The molecule has 2 heteroatoms. The van der Waals surface area contributed by atoms with Gasteiger partial charge in [-0.25, -0.2) is 0 Å². The molecular weight excluding hydrogens is 210 g/mol. The van der Waals surface area contributed by atoms with Crippen molar-refractivity contribution < 1.29 is 5.11 Å². The van der Waals surface area contributed by atoms with Crippen LogP contribution in [0.1, 0.15) is 60.8 Å². The first-order chi connectivity index (χ1) is 7.85. The first-order valence-corrected chi connectivity index (χ1v) is 7.22. The molecular formula is C15H33NO. The molecule has 1 unspecified atom stereocenters. The van der Waals surface area contributed by atoms with E-state index in [-0.39, 0.29) is 12.6 Å². The fourth-order valence-corrected chi connectivity index (χ4v) is 2.47. The van der Waals surface area contributed by atoms with Gasteiger partial charge in [0.2, 0.25) is 0 Å². The Kier molecular flexibility index (Phi) is 8.89. The Morgan fingerprint density at radius 3 is 1.35 bits per heavy atom. The Morgan fingerprint density at radius 1 is 0.706 bits per heavy atom. The molecule has 0 amide bonds. The molecule has 104 valence electrons. The summed E-state index contributed by atoms with van der Waals surface area (Å²) in [5, 5.41) is 13.1. The summed E-state index contributed by atoms with van der Waals surface area (Å²) in [6, 6.07) is 0.809. The molecule has 0 fully saturated rings. The van der Waals surface area contributed by atoms with Gasteiger partial charge in [0, 0.05) is 12.1 Å². The van der Waals surface area contributed by atoms with Gasteiger partial charge >= 0.3 is 0 Å². The van der Waals surface area contributed by atoms with Crippen LogP contribution in [-0.2, 0) is 0 Å². The first-order valence-electron chi connectivity index (χ1n) is 7.22. The molecule has 0 aromatic carbocycles. The second-order valence-corrected chi connectivity index (χ2v) is 6.63. The number of rotatable bonds is 9. The quantitative estimate of drug-likeness (QED) is 0.650. The van der Waals surface area contributed by atoms with Crippen molar-refractivity contribution >= 4 is 0 Å². The third-order valence-corrected chi connectivity index (χ3v) is 2.96. The normalized spacial score (nSPS) is 14.3. The van der Waals surface area contributed by atoms with Crippen LogP contribution in [0.5, 0.6) is 0 Å². The minimum Gasteiger partial charge on any atom is -0.395 e. The van der Waals surface area contributed by atoms with Gasteiger partial charge in [0.1, 0.15) is 0 Å². The van der Waals surface area contributed by atoms with Crippen LogP contribution in [0.2, 0.25) is 0 Å². The average Bonchev–Trinajstić information content (AvgIpc) is 2.13. The van der Waals surface area contributed by atoms with Gasteiger partial charge in [0.05, 0.1) is 6.61 Å². The van der Waals surface area contributed by atoms with Gasteiger partial charge in [-0.15, -0.1) is 0 Å². The lowest BCUT2D eigenvalue weighted by Crippen LogP contribution is -2.42. The second-order valence-electron chi connectivity index (χ2n) is 6.63. The fraction of sp³-hybridized carbons (Fsp3) is 1.00. The van der Waals surface area contributed by atoms with Gasteiger partial charge in [-0.2, -0.15) is 0 Å². The molecule has 0 aliphatic carbocycles. The minimum absolute atomic E-state index is 0.255. The lowest BCUT2D eigenvalue weighted by Gasteiger charge is -2.28. The van der Waals surface area contributed by atoms with Crippen molar-refractivity contribution in [1.82, 2.24) is 5.32 Å². The third kappa shape index (κ3) is 9.61. The molecule has 0 aromatic rings. The van der Waals surface area contributed by atoms with E-state index in [1.165, 1.54) is 12.8 Å². The molecule has 0 aromatic heterocycles. The monoisotopic (exact) mass is 243 g/mol. The fourth-order valence-electron chi connectivity index (χ4n) is 2.47. The molecule has 17 heavy (non-hydrogen) atoms. The largest absolute Gasteiger partial charge is 0.395 e. The first kappa shape index (κ1) is 16.9. The van der Waals surface area contributed by atoms with Crippen molar-refractivity contribution in [2.45, 2.75) is 72.9 Å². The molecule has 0 saturated heterocycles. The van der Waals surface area contributed by atoms with Gasteiger partial charge in [-0.3, -0.25) is 0 Å². The summed E-state index contributed by atoms with van der Waals surface area (Å²) in [4.78, 5) is 0. The van der Waals surface area contributed by atoms with E-state index in [9.17, 15) is 5.11 Å². The number of hydrogen-bond donors (Lipinski definition) is 2. The van der Waals surface area contributed by atoms with Crippen molar-refractivity contribution in [3.63, 3.8) is 0 Å². The summed E-state index contributed by atoms with van der Waals surface area (Å²) in [5.74, 6) is 2.06.